The van der Waals surface area contributed by atoms with Crippen LogP contribution >= 0.6 is 22.9 Å². The first-order valence-electron chi connectivity index (χ1n) is 7.06. The van der Waals surface area contributed by atoms with Crippen molar-refractivity contribution in [3.63, 3.8) is 0 Å². The number of thiophene rings is 1. The van der Waals surface area contributed by atoms with Gasteiger partial charge in [0.15, 0.2) is 5.76 Å². The average molecular weight is 375 g/mol. The van der Waals surface area contributed by atoms with E-state index in [-0.39, 0.29) is 16.2 Å². The van der Waals surface area contributed by atoms with Crippen LogP contribution in [-0.2, 0) is 10.0 Å². The van der Waals surface area contributed by atoms with Crippen LogP contribution in [0.2, 0.25) is 4.34 Å². The van der Waals surface area contributed by atoms with Gasteiger partial charge in [-0.25, -0.2) is 13.1 Å². The molecule has 1 N–H and O–H groups in total. The zero-order chi connectivity index (χ0) is 16.4. The second kappa shape index (κ2) is 6.64. The lowest BCUT2D eigenvalue weighted by Crippen LogP contribution is -2.46. The molecule has 6 nitrogen and oxygen atoms in total. The van der Waals surface area contributed by atoms with Gasteiger partial charge in [-0.15, -0.1) is 11.3 Å². The number of amides is 1. The van der Waals surface area contributed by atoms with Crippen molar-refractivity contribution in [1.82, 2.24) is 9.62 Å². The lowest BCUT2D eigenvalue weighted by molar-refractivity contribution is 0.0679. The molecule has 1 saturated heterocycles. The monoisotopic (exact) mass is 374 g/mol. The highest BCUT2D eigenvalue weighted by Gasteiger charge is 2.28. The number of furan rings is 1. The molecule has 3 heterocycles. The second-order valence-corrected chi connectivity index (χ2v) is 8.88. The van der Waals surface area contributed by atoms with E-state index in [0.717, 1.165) is 11.3 Å². The normalized spacial score (nSPS) is 16.7. The van der Waals surface area contributed by atoms with E-state index in [1.54, 1.807) is 23.1 Å². The molecule has 124 valence electrons. The molecule has 0 bridgehead atoms. The molecule has 2 aromatic rings. The Morgan fingerprint density at radius 3 is 2.61 bits per heavy atom. The molecular weight excluding hydrogens is 360 g/mol. The summed E-state index contributed by atoms with van der Waals surface area (Å²) >= 11 is 6.81. The first kappa shape index (κ1) is 16.5. The summed E-state index contributed by atoms with van der Waals surface area (Å²) in [5.41, 5.74) is 0. The maximum absolute atomic E-state index is 12.3. The van der Waals surface area contributed by atoms with E-state index < -0.39 is 10.0 Å². The summed E-state index contributed by atoms with van der Waals surface area (Å²) < 4.78 is 32.9. The Bertz CT molecular complexity index is 778. The highest BCUT2D eigenvalue weighted by atomic mass is 35.5. The summed E-state index contributed by atoms with van der Waals surface area (Å²) in [4.78, 5) is 13.8. The number of sulfonamides is 1. The van der Waals surface area contributed by atoms with Crippen molar-refractivity contribution in [2.45, 2.75) is 23.1 Å². The predicted molar refractivity (Wildman–Crippen MR) is 87.3 cm³/mol. The fourth-order valence-corrected chi connectivity index (χ4v) is 5.28. The van der Waals surface area contributed by atoms with E-state index in [1.165, 1.54) is 12.3 Å². The Morgan fingerprint density at radius 1 is 1.30 bits per heavy atom. The van der Waals surface area contributed by atoms with Crippen molar-refractivity contribution in [3.05, 3.63) is 40.6 Å². The molecule has 0 radical (unpaired) electrons. The Hall–Kier alpha value is -1.35. The van der Waals surface area contributed by atoms with Crippen LogP contribution in [0.25, 0.3) is 0 Å². The van der Waals surface area contributed by atoms with Gasteiger partial charge in [0.05, 0.1) is 10.6 Å². The minimum absolute atomic E-state index is 0.165. The van der Waals surface area contributed by atoms with Gasteiger partial charge in [-0.1, -0.05) is 11.6 Å². The summed E-state index contributed by atoms with van der Waals surface area (Å²) in [5.74, 6) is 0.138. The van der Waals surface area contributed by atoms with Crippen molar-refractivity contribution in [3.8, 4) is 0 Å². The standard InChI is InChI=1S/C14H15ClN2O4S2/c15-12-3-4-13(22-12)23(19,20)16-10-5-7-17(8-6-10)14(18)11-2-1-9-21-11/h1-4,9-10,16H,5-8H2. The number of rotatable bonds is 4. The van der Waals surface area contributed by atoms with Crippen molar-refractivity contribution < 1.29 is 17.6 Å². The molecule has 1 aliphatic rings. The number of carbonyl (C=O) groups excluding carboxylic acids is 1. The Balaban J connectivity index is 1.58. The number of piperidine rings is 1. The van der Waals surface area contributed by atoms with Crippen LogP contribution in [0.3, 0.4) is 0 Å². The van der Waals surface area contributed by atoms with Gasteiger partial charge < -0.3 is 9.32 Å². The number of likely N-dealkylation sites (tertiary alicyclic amines) is 1. The van der Waals surface area contributed by atoms with E-state index in [4.69, 9.17) is 16.0 Å². The topological polar surface area (TPSA) is 79.6 Å². The summed E-state index contributed by atoms with van der Waals surface area (Å²) in [5, 5.41) is 0. The molecule has 1 fully saturated rings. The van der Waals surface area contributed by atoms with E-state index in [0.29, 0.717) is 36.0 Å². The summed E-state index contributed by atoms with van der Waals surface area (Å²) in [7, 11) is -3.56. The molecule has 1 aliphatic heterocycles. The van der Waals surface area contributed by atoms with Crippen LogP contribution in [0.4, 0.5) is 0 Å². The van der Waals surface area contributed by atoms with Gasteiger partial charge in [-0.05, 0) is 37.1 Å². The summed E-state index contributed by atoms with van der Waals surface area (Å²) in [6.07, 6.45) is 2.58. The zero-order valence-electron chi connectivity index (χ0n) is 12.1. The Kier molecular flexibility index (Phi) is 4.77. The van der Waals surface area contributed by atoms with Crippen molar-refractivity contribution in [2.75, 3.05) is 13.1 Å². The first-order chi connectivity index (χ1) is 11.0. The molecule has 2 aromatic heterocycles. The quantitative estimate of drug-likeness (QED) is 0.891. The number of nitrogens with zero attached hydrogens (tertiary/aromatic N) is 1. The number of halogens is 1. The van der Waals surface area contributed by atoms with Crippen LogP contribution in [0.5, 0.6) is 0 Å². The molecule has 0 aliphatic carbocycles. The molecule has 3 rings (SSSR count). The molecule has 1 amide bonds. The van der Waals surface area contributed by atoms with Gasteiger partial charge >= 0.3 is 0 Å². The Labute approximate surface area is 143 Å². The minimum Gasteiger partial charge on any atom is -0.459 e. The van der Waals surface area contributed by atoms with Crippen molar-refractivity contribution in [2.24, 2.45) is 0 Å². The van der Waals surface area contributed by atoms with E-state index in [2.05, 4.69) is 4.72 Å². The van der Waals surface area contributed by atoms with Gasteiger partial charge in [0.25, 0.3) is 5.91 Å². The van der Waals surface area contributed by atoms with Gasteiger partial charge in [0, 0.05) is 19.1 Å². The Morgan fingerprint density at radius 2 is 2.04 bits per heavy atom. The van der Waals surface area contributed by atoms with Gasteiger partial charge in [0.1, 0.15) is 4.21 Å². The van der Waals surface area contributed by atoms with E-state index in [1.807, 2.05) is 0 Å². The minimum atomic E-state index is -3.56. The maximum atomic E-state index is 12.3. The third-order valence-corrected chi connectivity index (χ3v) is 6.89. The smallest absolute Gasteiger partial charge is 0.289 e. The van der Waals surface area contributed by atoms with Crippen LogP contribution in [-0.4, -0.2) is 38.4 Å². The number of hydrogen-bond donors (Lipinski definition) is 1. The van der Waals surface area contributed by atoms with E-state index >= 15 is 0 Å². The summed E-state index contributed by atoms with van der Waals surface area (Å²) in [6.45, 7) is 0.968. The fraction of sp³-hybridized carbons (Fsp3) is 0.357. The fourth-order valence-electron chi connectivity index (χ4n) is 2.48. The van der Waals surface area contributed by atoms with Crippen molar-refractivity contribution in [1.29, 1.82) is 0 Å². The number of nitrogens with one attached hydrogen (secondary N) is 1. The number of carbonyl (C=O) groups is 1. The average Bonchev–Trinajstić information content (AvgIpc) is 3.18. The molecule has 9 heteroatoms. The maximum Gasteiger partial charge on any atom is 0.289 e. The molecule has 0 aromatic carbocycles. The van der Waals surface area contributed by atoms with E-state index in [9.17, 15) is 13.2 Å². The third kappa shape index (κ3) is 3.77. The largest absolute Gasteiger partial charge is 0.459 e. The van der Waals surface area contributed by atoms with Gasteiger partial charge in [-0.2, -0.15) is 0 Å². The molecule has 0 atom stereocenters. The van der Waals surface area contributed by atoms with Crippen LogP contribution in [0.15, 0.2) is 39.2 Å². The third-order valence-electron chi connectivity index (χ3n) is 3.65. The zero-order valence-corrected chi connectivity index (χ0v) is 14.5. The molecule has 0 unspecified atom stereocenters. The predicted octanol–water partition coefficient (Wildman–Crippen LogP) is 2.58. The lowest BCUT2D eigenvalue weighted by Gasteiger charge is -2.31. The molecular formula is C14H15ClN2O4S2. The van der Waals surface area contributed by atoms with Gasteiger partial charge in [0.2, 0.25) is 10.0 Å². The second-order valence-electron chi connectivity index (χ2n) is 5.22. The van der Waals surface area contributed by atoms with Gasteiger partial charge in [-0.3, -0.25) is 4.79 Å². The SMILES string of the molecule is O=C(c1ccco1)N1CCC(NS(=O)(=O)c2ccc(Cl)s2)CC1. The highest BCUT2D eigenvalue weighted by molar-refractivity contribution is 7.91. The number of hydrogen-bond acceptors (Lipinski definition) is 5. The first-order valence-corrected chi connectivity index (χ1v) is 9.74. The molecule has 0 saturated carbocycles. The highest BCUT2D eigenvalue weighted by Crippen LogP contribution is 2.26. The van der Waals surface area contributed by atoms with Crippen LogP contribution in [0, 0.1) is 0 Å². The molecule has 23 heavy (non-hydrogen) atoms. The van der Waals surface area contributed by atoms with Crippen LogP contribution < -0.4 is 4.72 Å². The lowest BCUT2D eigenvalue weighted by atomic mass is 10.1. The summed E-state index contributed by atoms with van der Waals surface area (Å²) in [6, 6.07) is 6.15. The van der Waals surface area contributed by atoms with Crippen LogP contribution in [0.1, 0.15) is 23.4 Å². The van der Waals surface area contributed by atoms with Crippen molar-refractivity contribution >= 4 is 38.9 Å². The molecule has 0 spiro atoms.